The van der Waals surface area contributed by atoms with Crippen molar-refractivity contribution in [2.45, 2.75) is 70.7 Å². The van der Waals surface area contributed by atoms with Crippen molar-refractivity contribution in [1.82, 2.24) is 0 Å². The van der Waals surface area contributed by atoms with Crippen LogP contribution in [0.2, 0.25) is 0 Å². The summed E-state index contributed by atoms with van der Waals surface area (Å²) in [6.45, 7) is 5.47. The summed E-state index contributed by atoms with van der Waals surface area (Å²) in [5.74, 6) is 0.667. The zero-order valence-corrected chi connectivity index (χ0v) is 10.1. The van der Waals surface area contributed by atoms with Crippen molar-refractivity contribution < 1.29 is 9.47 Å². The third-order valence-electron chi connectivity index (χ3n) is 3.80. The molecular weight excluding hydrogens is 188 g/mol. The maximum absolute atomic E-state index is 5.87. The van der Waals surface area contributed by atoms with Crippen LogP contribution in [-0.2, 0) is 9.47 Å². The van der Waals surface area contributed by atoms with E-state index in [1.165, 1.54) is 38.5 Å². The highest BCUT2D eigenvalue weighted by molar-refractivity contribution is 4.77. The Hall–Kier alpha value is -0.0800. The average molecular weight is 212 g/mol. The van der Waals surface area contributed by atoms with E-state index in [-0.39, 0.29) is 0 Å². The number of hydrogen-bond acceptors (Lipinski definition) is 2. The molecule has 0 bridgehead atoms. The van der Waals surface area contributed by atoms with Crippen LogP contribution in [0.3, 0.4) is 0 Å². The molecular formula is C13H24O2. The number of ether oxygens (including phenoxy) is 2. The Morgan fingerprint density at radius 1 is 1.20 bits per heavy atom. The van der Waals surface area contributed by atoms with Crippen LogP contribution in [0.4, 0.5) is 0 Å². The average Bonchev–Trinajstić information content (AvgIpc) is 2.65. The van der Waals surface area contributed by atoms with Gasteiger partial charge in [-0.25, -0.2) is 0 Å². The third-order valence-corrected chi connectivity index (χ3v) is 3.80. The summed E-state index contributed by atoms with van der Waals surface area (Å²) in [6.07, 6.45) is 9.00. The largest absolute Gasteiger partial charge is 0.378 e. The van der Waals surface area contributed by atoms with Gasteiger partial charge in [0.15, 0.2) is 0 Å². The zero-order chi connectivity index (χ0) is 10.7. The normalized spacial score (nSPS) is 39.2. The van der Waals surface area contributed by atoms with Crippen molar-refractivity contribution >= 4 is 0 Å². The lowest BCUT2D eigenvalue weighted by Gasteiger charge is -2.29. The van der Waals surface area contributed by atoms with Crippen LogP contribution in [0, 0.1) is 5.92 Å². The summed E-state index contributed by atoms with van der Waals surface area (Å²) in [5.41, 5.74) is 0. The molecule has 0 N–H and O–H groups in total. The second kappa shape index (κ2) is 5.31. The summed E-state index contributed by atoms with van der Waals surface area (Å²) in [6, 6.07) is 0. The SMILES string of the molecule is CC1CCC(CC(C)C2CCCCO2)O1. The molecule has 2 saturated heterocycles. The molecule has 0 saturated carbocycles. The maximum Gasteiger partial charge on any atom is 0.0601 e. The van der Waals surface area contributed by atoms with Crippen LogP contribution < -0.4 is 0 Å². The monoisotopic (exact) mass is 212 g/mol. The highest BCUT2D eigenvalue weighted by Gasteiger charge is 2.28. The Labute approximate surface area is 93.3 Å². The highest BCUT2D eigenvalue weighted by Crippen LogP contribution is 2.29. The Bertz CT molecular complexity index is 187. The lowest BCUT2D eigenvalue weighted by molar-refractivity contribution is -0.0367. The molecule has 0 aliphatic carbocycles. The first kappa shape index (κ1) is 11.4. The van der Waals surface area contributed by atoms with Crippen LogP contribution in [-0.4, -0.2) is 24.9 Å². The fraction of sp³-hybridized carbons (Fsp3) is 1.00. The van der Waals surface area contributed by atoms with Gasteiger partial charge in [-0.1, -0.05) is 6.92 Å². The first-order valence-corrected chi connectivity index (χ1v) is 6.53. The highest BCUT2D eigenvalue weighted by atomic mass is 16.5. The van der Waals surface area contributed by atoms with Crippen LogP contribution in [0.5, 0.6) is 0 Å². The van der Waals surface area contributed by atoms with Crippen molar-refractivity contribution in [2.24, 2.45) is 5.92 Å². The van der Waals surface area contributed by atoms with Crippen LogP contribution in [0.25, 0.3) is 0 Å². The topological polar surface area (TPSA) is 18.5 Å². The fourth-order valence-electron chi connectivity index (χ4n) is 2.84. The van der Waals surface area contributed by atoms with E-state index >= 15 is 0 Å². The van der Waals surface area contributed by atoms with Crippen molar-refractivity contribution in [2.75, 3.05) is 6.61 Å². The summed E-state index contributed by atoms with van der Waals surface area (Å²) < 4.78 is 11.7. The second-order valence-electron chi connectivity index (χ2n) is 5.26. The minimum Gasteiger partial charge on any atom is -0.378 e. The van der Waals surface area contributed by atoms with Gasteiger partial charge < -0.3 is 9.47 Å². The smallest absolute Gasteiger partial charge is 0.0601 e. The zero-order valence-electron chi connectivity index (χ0n) is 10.1. The summed E-state index contributed by atoms with van der Waals surface area (Å²) in [7, 11) is 0. The minimum atomic E-state index is 0.481. The molecule has 2 rings (SSSR count). The molecule has 4 atom stereocenters. The molecule has 2 nitrogen and oxygen atoms in total. The molecule has 4 unspecified atom stereocenters. The Kier molecular flexibility index (Phi) is 4.04. The summed E-state index contributed by atoms with van der Waals surface area (Å²) in [4.78, 5) is 0. The van der Waals surface area contributed by atoms with Gasteiger partial charge in [-0.15, -0.1) is 0 Å². The Morgan fingerprint density at radius 3 is 2.67 bits per heavy atom. The van der Waals surface area contributed by atoms with E-state index < -0.39 is 0 Å². The van der Waals surface area contributed by atoms with Gasteiger partial charge in [0.05, 0.1) is 18.3 Å². The maximum atomic E-state index is 5.87. The van der Waals surface area contributed by atoms with E-state index in [9.17, 15) is 0 Å². The molecule has 15 heavy (non-hydrogen) atoms. The van der Waals surface area contributed by atoms with Gasteiger partial charge in [0.2, 0.25) is 0 Å². The van der Waals surface area contributed by atoms with Gasteiger partial charge in [0, 0.05) is 6.61 Å². The molecule has 0 amide bonds. The van der Waals surface area contributed by atoms with E-state index in [2.05, 4.69) is 13.8 Å². The fourth-order valence-corrected chi connectivity index (χ4v) is 2.84. The quantitative estimate of drug-likeness (QED) is 0.715. The number of rotatable bonds is 3. The molecule has 88 valence electrons. The molecule has 0 aromatic heterocycles. The van der Waals surface area contributed by atoms with E-state index in [1.54, 1.807) is 0 Å². The van der Waals surface area contributed by atoms with Gasteiger partial charge in [-0.3, -0.25) is 0 Å². The van der Waals surface area contributed by atoms with Crippen molar-refractivity contribution in [3.05, 3.63) is 0 Å². The first-order valence-electron chi connectivity index (χ1n) is 6.53. The van der Waals surface area contributed by atoms with Gasteiger partial charge >= 0.3 is 0 Å². The predicted octanol–water partition coefficient (Wildman–Crippen LogP) is 3.15. The predicted molar refractivity (Wildman–Crippen MR) is 60.9 cm³/mol. The molecule has 0 aromatic rings. The number of hydrogen-bond donors (Lipinski definition) is 0. The van der Waals surface area contributed by atoms with Crippen molar-refractivity contribution in [3.8, 4) is 0 Å². The van der Waals surface area contributed by atoms with Gasteiger partial charge in [-0.05, 0) is 51.4 Å². The van der Waals surface area contributed by atoms with Gasteiger partial charge in [0.25, 0.3) is 0 Å². The molecule has 2 aliphatic rings. The molecule has 2 heteroatoms. The van der Waals surface area contributed by atoms with Crippen LogP contribution in [0.15, 0.2) is 0 Å². The lowest BCUT2D eigenvalue weighted by Crippen LogP contribution is -2.28. The molecule has 2 aliphatic heterocycles. The molecule has 0 spiro atoms. The van der Waals surface area contributed by atoms with Crippen molar-refractivity contribution in [1.29, 1.82) is 0 Å². The molecule has 2 heterocycles. The van der Waals surface area contributed by atoms with Crippen LogP contribution >= 0.6 is 0 Å². The minimum absolute atomic E-state index is 0.481. The van der Waals surface area contributed by atoms with E-state index in [1.807, 2.05) is 0 Å². The molecule has 0 radical (unpaired) electrons. The van der Waals surface area contributed by atoms with Crippen molar-refractivity contribution in [3.63, 3.8) is 0 Å². The second-order valence-corrected chi connectivity index (χ2v) is 5.26. The van der Waals surface area contributed by atoms with Gasteiger partial charge in [0.1, 0.15) is 0 Å². The van der Waals surface area contributed by atoms with Gasteiger partial charge in [-0.2, -0.15) is 0 Å². The molecule has 2 fully saturated rings. The summed E-state index contributed by atoms with van der Waals surface area (Å²) >= 11 is 0. The van der Waals surface area contributed by atoms with E-state index in [0.29, 0.717) is 24.2 Å². The third kappa shape index (κ3) is 3.18. The standard InChI is InChI=1S/C13H24O2/c1-10(13-5-3-4-8-14-13)9-12-7-6-11(2)15-12/h10-13H,3-9H2,1-2H3. The lowest BCUT2D eigenvalue weighted by atomic mass is 9.91. The van der Waals surface area contributed by atoms with Crippen LogP contribution in [0.1, 0.15) is 52.4 Å². The van der Waals surface area contributed by atoms with E-state index in [4.69, 9.17) is 9.47 Å². The summed E-state index contributed by atoms with van der Waals surface area (Å²) in [5, 5.41) is 0. The van der Waals surface area contributed by atoms with E-state index in [0.717, 1.165) is 6.61 Å². The Balaban J connectivity index is 1.73. The molecule has 0 aromatic carbocycles. The first-order chi connectivity index (χ1) is 7.25. The Morgan fingerprint density at radius 2 is 2.07 bits per heavy atom.